The summed E-state index contributed by atoms with van der Waals surface area (Å²) in [4.78, 5) is 0. The van der Waals surface area contributed by atoms with E-state index >= 15 is 0 Å². The van der Waals surface area contributed by atoms with E-state index in [1.54, 1.807) is 0 Å². The molecule has 72 valence electrons. The number of hydrogen-bond donors (Lipinski definition) is 0. The van der Waals surface area contributed by atoms with Crippen molar-refractivity contribution >= 4 is 0 Å². The van der Waals surface area contributed by atoms with Gasteiger partial charge in [0.2, 0.25) is 0 Å². The Balaban J connectivity index is 2.78. The van der Waals surface area contributed by atoms with E-state index < -0.39 is 0 Å². The molecule has 1 aliphatic heterocycles. The van der Waals surface area contributed by atoms with Crippen LogP contribution in [0.2, 0.25) is 0 Å². The quantitative estimate of drug-likeness (QED) is 0.651. The van der Waals surface area contributed by atoms with Crippen LogP contribution in [0, 0.1) is 5.41 Å². The Kier molecular flexibility index (Phi) is 2.79. The lowest BCUT2D eigenvalue weighted by molar-refractivity contribution is -0.230. The van der Waals surface area contributed by atoms with Crippen molar-refractivity contribution in [3.63, 3.8) is 0 Å². The molecule has 0 aromatic carbocycles. The highest BCUT2D eigenvalue weighted by Crippen LogP contribution is 2.42. The van der Waals surface area contributed by atoms with Crippen molar-refractivity contribution in [1.82, 2.24) is 0 Å². The van der Waals surface area contributed by atoms with Gasteiger partial charge in [0.15, 0.2) is 5.79 Å². The average molecular weight is 172 g/mol. The molecule has 1 fully saturated rings. The Hall–Kier alpha value is -0.0800. The summed E-state index contributed by atoms with van der Waals surface area (Å²) in [5.41, 5.74) is 0.123. The summed E-state index contributed by atoms with van der Waals surface area (Å²) in [7, 11) is 0. The van der Waals surface area contributed by atoms with Gasteiger partial charge in [-0.25, -0.2) is 0 Å². The van der Waals surface area contributed by atoms with Crippen LogP contribution in [0.5, 0.6) is 0 Å². The molecule has 0 aromatic heterocycles. The first-order valence-electron chi connectivity index (χ1n) is 4.86. The second-order valence-corrected chi connectivity index (χ2v) is 4.04. The van der Waals surface area contributed by atoms with Crippen LogP contribution < -0.4 is 0 Å². The molecule has 1 heterocycles. The number of rotatable bonds is 3. The smallest absolute Gasteiger partial charge is 0.173 e. The highest BCUT2D eigenvalue weighted by molar-refractivity contribution is 4.87. The predicted octanol–water partition coefficient (Wildman–Crippen LogP) is 2.58. The Morgan fingerprint density at radius 3 is 2.00 bits per heavy atom. The van der Waals surface area contributed by atoms with E-state index in [1.165, 1.54) is 0 Å². The van der Waals surface area contributed by atoms with Crippen molar-refractivity contribution in [3.8, 4) is 0 Å². The fourth-order valence-corrected chi connectivity index (χ4v) is 1.80. The SMILES string of the molecule is CCC(C)(C)C1(CC)OCCO1. The maximum Gasteiger partial charge on any atom is 0.173 e. The van der Waals surface area contributed by atoms with Gasteiger partial charge >= 0.3 is 0 Å². The molecule has 0 bridgehead atoms. The minimum absolute atomic E-state index is 0.123. The highest BCUT2D eigenvalue weighted by Gasteiger charge is 2.47. The third-order valence-corrected chi connectivity index (χ3v) is 3.13. The lowest BCUT2D eigenvalue weighted by Crippen LogP contribution is -2.44. The van der Waals surface area contributed by atoms with E-state index in [2.05, 4.69) is 27.7 Å². The molecule has 0 N–H and O–H groups in total. The summed E-state index contributed by atoms with van der Waals surface area (Å²) in [6, 6.07) is 0. The van der Waals surface area contributed by atoms with Crippen molar-refractivity contribution in [2.24, 2.45) is 5.41 Å². The van der Waals surface area contributed by atoms with Gasteiger partial charge in [-0.15, -0.1) is 0 Å². The van der Waals surface area contributed by atoms with Crippen molar-refractivity contribution in [1.29, 1.82) is 0 Å². The zero-order chi connectivity index (χ0) is 9.24. The topological polar surface area (TPSA) is 18.5 Å². The van der Waals surface area contributed by atoms with Crippen LogP contribution in [0.4, 0.5) is 0 Å². The van der Waals surface area contributed by atoms with Crippen LogP contribution in [-0.2, 0) is 9.47 Å². The first-order valence-corrected chi connectivity index (χ1v) is 4.86. The van der Waals surface area contributed by atoms with Crippen LogP contribution in [0.25, 0.3) is 0 Å². The molecule has 12 heavy (non-hydrogen) atoms. The largest absolute Gasteiger partial charge is 0.347 e. The molecule has 0 radical (unpaired) electrons. The molecule has 1 saturated heterocycles. The first-order chi connectivity index (χ1) is 5.58. The summed E-state index contributed by atoms with van der Waals surface area (Å²) in [5.74, 6) is -0.318. The van der Waals surface area contributed by atoms with Gasteiger partial charge in [-0.2, -0.15) is 0 Å². The molecule has 2 nitrogen and oxygen atoms in total. The zero-order valence-corrected chi connectivity index (χ0v) is 8.64. The Labute approximate surface area is 75.2 Å². The minimum Gasteiger partial charge on any atom is -0.347 e. The molecule has 0 aliphatic carbocycles. The van der Waals surface area contributed by atoms with Crippen molar-refractivity contribution in [2.75, 3.05) is 13.2 Å². The van der Waals surface area contributed by atoms with Crippen molar-refractivity contribution < 1.29 is 9.47 Å². The van der Waals surface area contributed by atoms with Gasteiger partial charge in [-0.1, -0.05) is 27.7 Å². The van der Waals surface area contributed by atoms with E-state index in [9.17, 15) is 0 Å². The van der Waals surface area contributed by atoms with E-state index in [0.29, 0.717) is 0 Å². The van der Waals surface area contributed by atoms with Gasteiger partial charge in [0.1, 0.15) is 0 Å². The van der Waals surface area contributed by atoms with Gasteiger partial charge in [-0.3, -0.25) is 0 Å². The molecule has 0 aromatic rings. The zero-order valence-electron chi connectivity index (χ0n) is 8.64. The molecule has 2 heteroatoms. The van der Waals surface area contributed by atoms with E-state index in [0.717, 1.165) is 26.1 Å². The van der Waals surface area contributed by atoms with Crippen molar-refractivity contribution in [3.05, 3.63) is 0 Å². The lowest BCUT2D eigenvalue weighted by Gasteiger charge is -2.41. The Morgan fingerprint density at radius 2 is 1.67 bits per heavy atom. The fourth-order valence-electron chi connectivity index (χ4n) is 1.80. The molecule has 0 amide bonds. The molecule has 0 atom stereocenters. The van der Waals surface area contributed by atoms with Crippen LogP contribution >= 0.6 is 0 Å². The summed E-state index contributed by atoms with van der Waals surface area (Å²) in [5, 5.41) is 0. The summed E-state index contributed by atoms with van der Waals surface area (Å²) in [6.45, 7) is 10.2. The molecular formula is C10H20O2. The minimum atomic E-state index is -0.318. The third-order valence-electron chi connectivity index (χ3n) is 3.13. The van der Waals surface area contributed by atoms with E-state index in [1.807, 2.05) is 0 Å². The Bertz CT molecular complexity index is 146. The van der Waals surface area contributed by atoms with Crippen LogP contribution in [0.3, 0.4) is 0 Å². The van der Waals surface area contributed by atoms with Gasteiger partial charge in [0, 0.05) is 5.41 Å². The van der Waals surface area contributed by atoms with E-state index in [-0.39, 0.29) is 11.2 Å². The molecule has 0 spiro atoms. The van der Waals surface area contributed by atoms with Gasteiger partial charge in [0.25, 0.3) is 0 Å². The van der Waals surface area contributed by atoms with Gasteiger partial charge in [0.05, 0.1) is 13.2 Å². The van der Waals surface area contributed by atoms with Crippen LogP contribution in [0.1, 0.15) is 40.5 Å². The monoisotopic (exact) mass is 172 g/mol. The van der Waals surface area contributed by atoms with Crippen molar-refractivity contribution in [2.45, 2.75) is 46.3 Å². The average Bonchev–Trinajstić information content (AvgIpc) is 2.53. The summed E-state index contributed by atoms with van der Waals surface area (Å²) >= 11 is 0. The molecule has 1 rings (SSSR count). The number of ether oxygens (including phenoxy) is 2. The third kappa shape index (κ3) is 1.38. The second kappa shape index (κ2) is 3.35. The molecule has 1 aliphatic rings. The summed E-state index contributed by atoms with van der Waals surface area (Å²) in [6.07, 6.45) is 2.02. The van der Waals surface area contributed by atoms with Gasteiger partial charge in [-0.05, 0) is 12.8 Å². The Morgan fingerprint density at radius 1 is 1.17 bits per heavy atom. The predicted molar refractivity (Wildman–Crippen MR) is 49.0 cm³/mol. The maximum absolute atomic E-state index is 5.72. The molecule has 0 unspecified atom stereocenters. The van der Waals surface area contributed by atoms with Crippen LogP contribution in [-0.4, -0.2) is 19.0 Å². The van der Waals surface area contributed by atoms with Crippen LogP contribution in [0.15, 0.2) is 0 Å². The highest BCUT2D eigenvalue weighted by atomic mass is 16.7. The maximum atomic E-state index is 5.72. The first kappa shape index (κ1) is 10.0. The standard InChI is InChI=1S/C10H20O2/c1-5-9(3,4)10(6-2)11-7-8-12-10/h5-8H2,1-4H3. The second-order valence-electron chi connectivity index (χ2n) is 4.04. The molecular weight excluding hydrogens is 152 g/mol. The number of hydrogen-bond acceptors (Lipinski definition) is 2. The van der Waals surface area contributed by atoms with Gasteiger partial charge < -0.3 is 9.47 Å². The summed E-state index contributed by atoms with van der Waals surface area (Å²) < 4.78 is 11.4. The molecule has 0 saturated carbocycles. The normalized spacial score (nSPS) is 23.0. The van der Waals surface area contributed by atoms with E-state index in [4.69, 9.17) is 9.47 Å². The lowest BCUT2D eigenvalue weighted by atomic mass is 9.79. The fraction of sp³-hybridized carbons (Fsp3) is 1.00.